The summed E-state index contributed by atoms with van der Waals surface area (Å²) >= 11 is 6.77. The van der Waals surface area contributed by atoms with E-state index in [-0.39, 0.29) is 17.3 Å². The maximum absolute atomic E-state index is 13.2. The van der Waals surface area contributed by atoms with Gasteiger partial charge in [0.15, 0.2) is 0 Å². The van der Waals surface area contributed by atoms with Crippen molar-refractivity contribution in [2.24, 2.45) is 5.92 Å². The fourth-order valence-electron chi connectivity index (χ4n) is 3.18. The molecule has 1 atom stereocenters. The smallest absolute Gasteiger partial charge is 0.245 e. The number of benzene rings is 1. The maximum atomic E-state index is 13.2. The van der Waals surface area contributed by atoms with Crippen molar-refractivity contribution in [3.63, 3.8) is 0 Å². The van der Waals surface area contributed by atoms with Crippen LogP contribution in [0.25, 0.3) is 11.0 Å². The Labute approximate surface area is 170 Å². The molecule has 2 aromatic heterocycles. The normalized spacial score (nSPS) is 18.2. The van der Waals surface area contributed by atoms with Gasteiger partial charge in [0, 0.05) is 19.3 Å². The quantitative estimate of drug-likeness (QED) is 0.672. The van der Waals surface area contributed by atoms with E-state index >= 15 is 0 Å². The molecule has 1 saturated heterocycles. The van der Waals surface area contributed by atoms with Crippen molar-refractivity contribution in [3.05, 3.63) is 41.6 Å². The van der Waals surface area contributed by atoms with Gasteiger partial charge in [-0.05, 0) is 37.1 Å². The van der Waals surface area contributed by atoms with Crippen molar-refractivity contribution in [2.45, 2.75) is 17.7 Å². The number of piperidine rings is 1. The van der Waals surface area contributed by atoms with Crippen molar-refractivity contribution in [3.8, 4) is 0 Å². The second kappa shape index (κ2) is 7.70. The number of nitrogens with one attached hydrogen (secondary N) is 1. The molecule has 8 nitrogen and oxygen atoms in total. The van der Waals surface area contributed by atoms with E-state index in [2.05, 4.69) is 19.0 Å². The average Bonchev–Trinajstić information content (AvgIpc) is 3.18. The zero-order valence-electron chi connectivity index (χ0n) is 14.6. The van der Waals surface area contributed by atoms with Crippen LogP contribution in [0.1, 0.15) is 12.8 Å². The number of fused-ring (bicyclic) bond motifs is 1. The van der Waals surface area contributed by atoms with Crippen LogP contribution in [0.3, 0.4) is 0 Å². The Bertz CT molecular complexity index is 1120. The van der Waals surface area contributed by atoms with Crippen LogP contribution in [0, 0.1) is 5.92 Å². The first-order chi connectivity index (χ1) is 13.4. The lowest BCUT2D eigenvalue weighted by Crippen LogP contribution is -2.43. The molecule has 0 radical (unpaired) electrons. The Morgan fingerprint density at radius 2 is 2.11 bits per heavy atom. The molecule has 0 aliphatic carbocycles. The molecule has 1 aromatic carbocycles. The van der Waals surface area contributed by atoms with E-state index in [0.29, 0.717) is 41.3 Å². The van der Waals surface area contributed by atoms with Gasteiger partial charge in [-0.3, -0.25) is 4.79 Å². The topological polar surface area (TPSA) is 105 Å². The van der Waals surface area contributed by atoms with Gasteiger partial charge in [-0.15, -0.1) is 0 Å². The first-order valence-electron chi connectivity index (χ1n) is 8.59. The molecule has 11 heteroatoms. The van der Waals surface area contributed by atoms with Gasteiger partial charge in [0.25, 0.3) is 0 Å². The number of halogens is 1. The highest BCUT2D eigenvalue weighted by molar-refractivity contribution is 7.89. The monoisotopic (exact) mass is 437 g/mol. The van der Waals surface area contributed by atoms with Gasteiger partial charge in [0.2, 0.25) is 15.9 Å². The van der Waals surface area contributed by atoms with Gasteiger partial charge < -0.3 is 5.32 Å². The summed E-state index contributed by atoms with van der Waals surface area (Å²) in [4.78, 5) is 16.8. The largest absolute Gasteiger partial charge is 0.310 e. The molecule has 4 rings (SSSR count). The molecule has 146 valence electrons. The van der Waals surface area contributed by atoms with E-state index in [9.17, 15) is 13.2 Å². The number of nitrogens with zero attached hydrogens (tertiary/aromatic N) is 4. The predicted molar refractivity (Wildman–Crippen MR) is 107 cm³/mol. The number of anilines is 1. The molecule has 28 heavy (non-hydrogen) atoms. The lowest BCUT2D eigenvalue weighted by molar-refractivity contribution is -0.120. The first-order valence-corrected chi connectivity index (χ1v) is 11.1. The van der Waals surface area contributed by atoms with Crippen LogP contribution in [0.15, 0.2) is 41.4 Å². The second-order valence-electron chi connectivity index (χ2n) is 6.44. The van der Waals surface area contributed by atoms with Crippen molar-refractivity contribution in [1.29, 1.82) is 0 Å². The lowest BCUT2D eigenvalue weighted by atomic mass is 9.99. The lowest BCUT2D eigenvalue weighted by Gasteiger charge is -2.31. The zero-order valence-corrected chi connectivity index (χ0v) is 17.0. The minimum Gasteiger partial charge on any atom is -0.310 e. The Morgan fingerprint density at radius 3 is 2.89 bits per heavy atom. The van der Waals surface area contributed by atoms with Crippen LogP contribution in [-0.2, 0) is 14.8 Å². The number of aromatic nitrogens is 3. The van der Waals surface area contributed by atoms with Crippen LogP contribution < -0.4 is 5.32 Å². The molecule has 0 spiro atoms. The van der Waals surface area contributed by atoms with Crippen molar-refractivity contribution < 1.29 is 13.2 Å². The molecule has 0 saturated carbocycles. The molecular formula is C17H16ClN5O3S2. The number of carbonyl (C=O) groups is 1. The fourth-order valence-corrected chi connectivity index (χ4v) is 5.57. The van der Waals surface area contributed by atoms with Gasteiger partial charge in [0.05, 0.1) is 22.7 Å². The first kappa shape index (κ1) is 19.2. The highest BCUT2D eigenvalue weighted by Crippen LogP contribution is 2.28. The SMILES string of the molecule is O=C(Nc1ccc(Cl)cn1)C1CCCN(S(=O)(=O)c2cccc3nsnc23)C1. The van der Waals surface area contributed by atoms with E-state index in [1.807, 2.05) is 0 Å². The van der Waals surface area contributed by atoms with Gasteiger partial charge in [0.1, 0.15) is 21.7 Å². The van der Waals surface area contributed by atoms with Gasteiger partial charge in [-0.2, -0.15) is 13.1 Å². The number of sulfonamides is 1. The third-order valence-corrected chi connectivity index (χ3v) is 7.26. The minimum absolute atomic E-state index is 0.107. The van der Waals surface area contributed by atoms with E-state index in [1.54, 1.807) is 24.3 Å². The third-order valence-electron chi connectivity index (χ3n) is 4.60. The Morgan fingerprint density at radius 1 is 1.25 bits per heavy atom. The highest BCUT2D eigenvalue weighted by atomic mass is 35.5. The van der Waals surface area contributed by atoms with Crippen molar-refractivity contribution in [1.82, 2.24) is 18.0 Å². The van der Waals surface area contributed by atoms with Crippen LogP contribution in [-0.4, -0.2) is 45.5 Å². The standard InChI is InChI=1S/C17H16ClN5O3S2/c18-12-6-7-15(19-9-12)20-17(24)11-3-2-8-23(10-11)28(25,26)14-5-1-4-13-16(14)22-27-21-13/h1,4-7,9,11H,2-3,8,10H2,(H,19,20,24). The molecule has 3 heterocycles. The molecule has 1 unspecified atom stereocenters. The Balaban J connectivity index is 1.53. The van der Waals surface area contributed by atoms with Crippen molar-refractivity contribution >= 4 is 56.1 Å². The van der Waals surface area contributed by atoms with E-state index in [0.717, 1.165) is 11.7 Å². The number of rotatable bonds is 4. The summed E-state index contributed by atoms with van der Waals surface area (Å²) in [5, 5.41) is 3.20. The van der Waals surface area contributed by atoms with E-state index in [1.165, 1.54) is 16.6 Å². The highest BCUT2D eigenvalue weighted by Gasteiger charge is 2.34. The average molecular weight is 438 g/mol. The van der Waals surface area contributed by atoms with Gasteiger partial charge in [-0.1, -0.05) is 17.7 Å². The molecular weight excluding hydrogens is 422 g/mol. The van der Waals surface area contributed by atoms with Crippen LogP contribution >= 0.6 is 23.3 Å². The molecule has 3 aromatic rings. The van der Waals surface area contributed by atoms with E-state index < -0.39 is 15.9 Å². The predicted octanol–water partition coefficient (Wildman–Crippen LogP) is 2.78. The number of carbonyl (C=O) groups excluding carboxylic acids is 1. The molecule has 1 fully saturated rings. The zero-order chi connectivity index (χ0) is 19.7. The van der Waals surface area contributed by atoms with E-state index in [4.69, 9.17) is 11.6 Å². The molecule has 1 N–H and O–H groups in total. The summed E-state index contributed by atoms with van der Waals surface area (Å²) in [5.41, 5.74) is 0.913. The summed E-state index contributed by atoms with van der Waals surface area (Å²) in [6.07, 6.45) is 2.64. The summed E-state index contributed by atoms with van der Waals surface area (Å²) in [7, 11) is -3.78. The molecule has 1 amide bonds. The summed E-state index contributed by atoms with van der Waals surface area (Å²) < 4.78 is 35.9. The number of pyridine rings is 1. The maximum Gasteiger partial charge on any atom is 0.245 e. The van der Waals surface area contributed by atoms with Crippen molar-refractivity contribution in [2.75, 3.05) is 18.4 Å². The summed E-state index contributed by atoms with van der Waals surface area (Å²) in [6, 6.07) is 8.14. The molecule has 1 aliphatic rings. The Kier molecular flexibility index (Phi) is 5.28. The minimum atomic E-state index is -3.78. The molecule has 0 bridgehead atoms. The summed E-state index contributed by atoms with van der Waals surface area (Å²) in [6.45, 7) is 0.467. The van der Waals surface area contributed by atoms with Crippen LogP contribution in [0.5, 0.6) is 0 Å². The second-order valence-corrected chi connectivity index (χ2v) is 9.31. The van der Waals surface area contributed by atoms with Crippen LogP contribution in [0.4, 0.5) is 5.82 Å². The third kappa shape index (κ3) is 3.72. The van der Waals surface area contributed by atoms with Gasteiger partial charge in [-0.25, -0.2) is 13.4 Å². The fraction of sp³-hybridized carbons (Fsp3) is 0.294. The number of hydrogen-bond acceptors (Lipinski definition) is 7. The van der Waals surface area contributed by atoms with Gasteiger partial charge >= 0.3 is 0 Å². The van der Waals surface area contributed by atoms with Crippen LogP contribution in [0.2, 0.25) is 5.02 Å². The molecule has 1 aliphatic heterocycles. The summed E-state index contributed by atoms with van der Waals surface area (Å²) in [5.74, 6) is -0.343. The Hall–Kier alpha value is -2.14. The number of hydrogen-bond donors (Lipinski definition) is 1. The number of amides is 1.